The number of nitrogens with one attached hydrogen (secondary N) is 2. The quantitative estimate of drug-likeness (QED) is 0.439. The first-order chi connectivity index (χ1) is 10.7. The molecule has 0 aliphatic heterocycles. The van der Waals surface area contributed by atoms with Crippen LogP contribution in [0.5, 0.6) is 0 Å². The Morgan fingerprint density at radius 3 is 2.36 bits per heavy atom. The highest BCUT2D eigenvalue weighted by Gasteiger charge is 2.11. The maximum atomic E-state index is 10.8. The largest absolute Gasteiger partial charge is 0.361 e. The van der Waals surface area contributed by atoms with Gasteiger partial charge in [-0.2, -0.15) is 0 Å². The zero-order valence-corrected chi connectivity index (χ0v) is 11.7. The summed E-state index contributed by atoms with van der Waals surface area (Å²) in [4.78, 5) is 16.9. The highest BCUT2D eigenvalue weighted by Crippen LogP contribution is 2.27. The van der Waals surface area contributed by atoms with Gasteiger partial charge < -0.3 is 9.97 Å². The highest BCUT2D eigenvalue weighted by molar-refractivity contribution is 5.87. The zero-order valence-electron chi connectivity index (χ0n) is 11.7. The van der Waals surface area contributed by atoms with E-state index in [9.17, 15) is 10.1 Å². The Bertz CT molecular complexity index is 997. The van der Waals surface area contributed by atoms with Gasteiger partial charge in [0, 0.05) is 47.2 Å². The van der Waals surface area contributed by atoms with Crippen LogP contribution < -0.4 is 0 Å². The van der Waals surface area contributed by atoms with Gasteiger partial charge in [-0.25, -0.2) is 0 Å². The Balaban J connectivity index is 1.77. The molecule has 108 valence electrons. The molecule has 0 fully saturated rings. The number of aromatic amines is 2. The van der Waals surface area contributed by atoms with E-state index in [4.69, 9.17) is 0 Å². The first-order valence-corrected chi connectivity index (χ1v) is 7.02. The van der Waals surface area contributed by atoms with E-state index in [0.717, 1.165) is 28.4 Å². The second-order valence-corrected chi connectivity index (χ2v) is 5.34. The standard InChI is InChI=1S/C17H13N3O2/c21-20(22)13-5-6-15-12(10-19-17(15)8-13)7-11-9-18-16-4-2-1-3-14(11)16/h1-6,8-10,18-19H,7H2. The summed E-state index contributed by atoms with van der Waals surface area (Å²) in [5, 5.41) is 13.1. The minimum absolute atomic E-state index is 0.105. The van der Waals surface area contributed by atoms with Crippen molar-refractivity contribution in [3.63, 3.8) is 0 Å². The lowest BCUT2D eigenvalue weighted by atomic mass is 10.0. The van der Waals surface area contributed by atoms with Gasteiger partial charge >= 0.3 is 0 Å². The summed E-state index contributed by atoms with van der Waals surface area (Å²) in [7, 11) is 0. The van der Waals surface area contributed by atoms with E-state index in [2.05, 4.69) is 22.1 Å². The van der Waals surface area contributed by atoms with Crippen LogP contribution in [0.2, 0.25) is 0 Å². The third kappa shape index (κ3) is 1.95. The molecule has 2 aromatic carbocycles. The molecule has 2 N–H and O–H groups in total. The number of fused-ring (bicyclic) bond motifs is 2. The molecule has 0 aliphatic carbocycles. The first-order valence-electron chi connectivity index (χ1n) is 7.02. The van der Waals surface area contributed by atoms with Crippen LogP contribution >= 0.6 is 0 Å². The van der Waals surface area contributed by atoms with Crippen molar-refractivity contribution in [1.82, 2.24) is 9.97 Å². The van der Waals surface area contributed by atoms with Gasteiger partial charge in [0.15, 0.2) is 0 Å². The van der Waals surface area contributed by atoms with E-state index >= 15 is 0 Å². The molecule has 4 rings (SSSR count). The number of aromatic nitrogens is 2. The number of non-ortho nitro benzene ring substituents is 1. The minimum Gasteiger partial charge on any atom is -0.361 e. The van der Waals surface area contributed by atoms with Gasteiger partial charge in [-0.05, 0) is 23.3 Å². The molecule has 0 amide bonds. The molecule has 0 bridgehead atoms. The second-order valence-electron chi connectivity index (χ2n) is 5.34. The topological polar surface area (TPSA) is 74.7 Å². The number of para-hydroxylation sites is 1. The number of nitrogens with zero attached hydrogens (tertiary/aromatic N) is 1. The number of rotatable bonds is 3. The molecule has 0 radical (unpaired) electrons. The van der Waals surface area contributed by atoms with Gasteiger partial charge in [-0.15, -0.1) is 0 Å². The Morgan fingerprint density at radius 1 is 0.909 bits per heavy atom. The molecule has 5 heteroatoms. The normalized spacial score (nSPS) is 11.3. The summed E-state index contributed by atoms with van der Waals surface area (Å²) < 4.78 is 0. The molecule has 0 atom stereocenters. The Labute approximate surface area is 125 Å². The summed E-state index contributed by atoms with van der Waals surface area (Å²) in [5.41, 5.74) is 4.37. The lowest BCUT2D eigenvalue weighted by Gasteiger charge is -1.99. The Morgan fingerprint density at radius 2 is 1.59 bits per heavy atom. The predicted octanol–water partition coefficient (Wildman–Crippen LogP) is 4.15. The van der Waals surface area contributed by atoms with Gasteiger partial charge in [0.05, 0.1) is 10.4 Å². The molecule has 22 heavy (non-hydrogen) atoms. The van der Waals surface area contributed by atoms with Crippen LogP contribution in [0.3, 0.4) is 0 Å². The van der Waals surface area contributed by atoms with Crippen molar-refractivity contribution >= 4 is 27.5 Å². The first kappa shape index (κ1) is 12.6. The van der Waals surface area contributed by atoms with Crippen molar-refractivity contribution in [3.8, 4) is 0 Å². The van der Waals surface area contributed by atoms with Crippen molar-refractivity contribution in [2.75, 3.05) is 0 Å². The third-order valence-corrected chi connectivity index (χ3v) is 4.02. The molecule has 0 aliphatic rings. The maximum Gasteiger partial charge on any atom is 0.271 e. The van der Waals surface area contributed by atoms with Crippen LogP contribution in [0.4, 0.5) is 5.69 Å². The van der Waals surface area contributed by atoms with E-state index in [0.29, 0.717) is 0 Å². The molecule has 0 unspecified atom stereocenters. The van der Waals surface area contributed by atoms with Gasteiger partial charge in [0.2, 0.25) is 0 Å². The third-order valence-electron chi connectivity index (χ3n) is 4.02. The molecule has 2 aromatic heterocycles. The Kier molecular flexibility index (Phi) is 2.72. The monoisotopic (exact) mass is 291 g/mol. The van der Waals surface area contributed by atoms with Crippen LogP contribution in [0, 0.1) is 10.1 Å². The molecular weight excluding hydrogens is 278 g/mol. The fraction of sp³-hybridized carbons (Fsp3) is 0.0588. The van der Waals surface area contributed by atoms with E-state index in [1.807, 2.05) is 30.6 Å². The van der Waals surface area contributed by atoms with Crippen molar-refractivity contribution in [1.29, 1.82) is 0 Å². The molecule has 2 heterocycles. The van der Waals surface area contributed by atoms with Crippen LogP contribution in [0.15, 0.2) is 54.9 Å². The summed E-state index contributed by atoms with van der Waals surface area (Å²) in [6.07, 6.45) is 4.73. The fourth-order valence-corrected chi connectivity index (χ4v) is 2.92. The lowest BCUT2D eigenvalue weighted by molar-refractivity contribution is -0.384. The number of nitro benzene ring substituents is 1. The van der Waals surface area contributed by atoms with Gasteiger partial charge in [0.1, 0.15) is 0 Å². The summed E-state index contributed by atoms with van der Waals surface area (Å²) >= 11 is 0. The number of hydrogen-bond acceptors (Lipinski definition) is 2. The smallest absolute Gasteiger partial charge is 0.271 e. The second kappa shape index (κ2) is 4.73. The van der Waals surface area contributed by atoms with Gasteiger partial charge in [-0.1, -0.05) is 18.2 Å². The lowest BCUT2D eigenvalue weighted by Crippen LogP contribution is -1.88. The van der Waals surface area contributed by atoms with E-state index in [1.165, 1.54) is 10.9 Å². The van der Waals surface area contributed by atoms with Crippen molar-refractivity contribution < 1.29 is 4.92 Å². The Hall–Kier alpha value is -3.08. The SMILES string of the molecule is O=[N+]([O-])c1ccc2c(Cc3c[nH]c4ccccc34)c[nH]c2c1. The van der Waals surface area contributed by atoms with E-state index in [1.54, 1.807) is 12.1 Å². The van der Waals surface area contributed by atoms with Crippen molar-refractivity contribution in [3.05, 3.63) is 76.1 Å². The highest BCUT2D eigenvalue weighted by atomic mass is 16.6. The predicted molar refractivity (Wildman–Crippen MR) is 86.1 cm³/mol. The maximum absolute atomic E-state index is 10.8. The molecule has 0 saturated heterocycles. The average Bonchev–Trinajstić information content (AvgIpc) is 3.12. The molecular formula is C17H13N3O2. The molecule has 5 nitrogen and oxygen atoms in total. The van der Waals surface area contributed by atoms with Gasteiger partial charge in [0.25, 0.3) is 5.69 Å². The van der Waals surface area contributed by atoms with Crippen LogP contribution in [0.25, 0.3) is 21.8 Å². The number of H-pyrrole nitrogens is 2. The van der Waals surface area contributed by atoms with Crippen LogP contribution in [-0.4, -0.2) is 14.9 Å². The van der Waals surface area contributed by atoms with Crippen LogP contribution in [-0.2, 0) is 6.42 Å². The fourth-order valence-electron chi connectivity index (χ4n) is 2.92. The minimum atomic E-state index is -0.375. The summed E-state index contributed by atoms with van der Waals surface area (Å²) in [6.45, 7) is 0. The summed E-state index contributed by atoms with van der Waals surface area (Å²) in [6, 6.07) is 13.1. The molecule has 0 saturated carbocycles. The number of nitro groups is 1. The van der Waals surface area contributed by atoms with Crippen molar-refractivity contribution in [2.24, 2.45) is 0 Å². The zero-order chi connectivity index (χ0) is 15.1. The van der Waals surface area contributed by atoms with Crippen LogP contribution in [0.1, 0.15) is 11.1 Å². The van der Waals surface area contributed by atoms with E-state index in [-0.39, 0.29) is 10.6 Å². The van der Waals surface area contributed by atoms with Crippen molar-refractivity contribution in [2.45, 2.75) is 6.42 Å². The average molecular weight is 291 g/mol. The molecule has 4 aromatic rings. The number of hydrogen-bond donors (Lipinski definition) is 2. The number of benzene rings is 2. The van der Waals surface area contributed by atoms with Gasteiger partial charge in [-0.3, -0.25) is 10.1 Å². The van der Waals surface area contributed by atoms with E-state index < -0.39 is 0 Å². The summed E-state index contributed by atoms with van der Waals surface area (Å²) in [5.74, 6) is 0. The molecule has 0 spiro atoms.